The van der Waals surface area contributed by atoms with Crippen LogP contribution in [-0.4, -0.2) is 54.7 Å². The number of ether oxygens (including phenoxy) is 1. The molecule has 1 N–H and O–H groups in total. The molecule has 0 saturated heterocycles. The fraction of sp³-hybridized carbons (Fsp3) is 0. The van der Waals surface area contributed by atoms with Gasteiger partial charge >= 0.3 is 49.6 Å². The first-order valence-electron chi connectivity index (χ1n) is 1.33. The van der Waals surface area contributed by atoms with Gasteiger partial charge in [-0.15, -0.1) is 0 Å². The Morgan fingerprint density at radius 3 is 1.88 bits per heavy atom. The molecule has 44 valence electrons. The zero-order valence-electron chi connectivity index (χ0n) is 3.25. The van der Waals surface area contributed by atoms with E-state index >= 15 is 0 Å². The number of hydrogen-bond donors (Lipinski definition) is 1. The van der Waals surface area contributed by atoms with Crippen molar-refractivity contribution in [3.05, 3.63) is 0 Å². The van der Waals surface area contributed by atoms with E-state index in [1.54, 1.807) is 9.24 Å². The van der Waals surface area contributed by atoms with Crippen LogP contribution in [0, 0.1) is 0 Å². The molecule has 0 amide bonds. The summed E-state index contributed by atoms with van der Waals surface area (Å²) in [5.74, 6) is 0. The summed E-state index contributed by atoms with van der Waals surface area (Å²) in [6, 6.07) is 0. The molecule has 4 nitrogen and oxygen atoms in total. The summed E-state index contributed by atoms with van der Waals surface area (Å²) in [4.78, 5) is 19.0. The minimum absolute atomic E-state index is 0. The minimum atomic E-state index is -1.58. The summed E-state index contributed by atoms with van der Waals surface area (Å²) >= 11 is 0. The normalized spacial score (nSPS) is 6.62. The van der Waals surface area contributed by atoms with E-state index in [9.17, 15) is 9.59 Å². The summed E-state index contributed by atoms with van der Waals surface area (Å²) in [5, 5.41) is 7.63. The van der Waals surface area contributed by atoms with E-state index in [2.05, 4.69) is 4.74 Å². The molecule has 6 heteroatoms. The van der Waals surface area contributed by atoms with E-state index in [-0.39, 0.29) is 37.7 Å². The maximum absolute atomic E-state index is 9.61. The SMILES string of the molecule is O=C(O)OC(=O)P.[CaH2]. The van der Waals surface area contributed by atoms with Gasteiger partial charge in [-0.1, -0.05) is 0 Å². The summed E-state index contributed by atoms with van der Waals surface area (Å²) in [5.41, 5.74) is -0.896. The zero-order chi connectivity index (χ0) is 5.86. The number of hydrogen-bond acceptors (Lipinski definition) is 3. The van der Waals surface area contributed by atoms with Crippen molar-refractivity contribution in [1.82, 2.24) is 0 Å². The number of rotatable bonds is 0. The molecule has 1 atom stereocenters. The van der Waals surface area contributed by atoms with Gasteiger partial charge in [-0.25, -0.2) is 9.59 Å². The molecule has 0 heterocycles. The van der Waals surface area contributed by atoms with Gasteiger partial charge in [-0.2, -0.15) is 0 Å². The van der Waals surface area contributed by atoms with E-state index in [4.69, 9.17) is 5.11 Å². The van der Waals surface area contributed by atoms with Crippen molar-refractivity contribution in [2.45, 2.75) is 0 Å². The zero-order valence-corrected chi connectivity index (χ0v) is 4.40. The van der Waals surface area contributed by atoms with Crippen molar-refractivity contribution in [2.24, 2.45) is 0 Å². The third-order valence-corrected chi connectivity index (χ3v) is 0.306. The van der Waals surface area contributed by atoms with Crippen molar-refractivity contribution in [2.75, 3.05) is 0 Å². The average molecular weight is 164 g/mol. The quantitative estimate of drug-likeness (QED) is 0.232. The van der Waals surface area contributed by atoms with Crippen molar-refractivity contribution in [1.29, 1.82) is 0 Å². The molecule has 0 aromatic heterocycles. The van der Waals surface area contributed by atoms with Crippen molar-refractivity contribution in [3.63, 3.8) is 0 Å². The van der Waals surface area contributed by atoms with Crippen molar-refractivity contribution >= 4 is 58.8 Å². The third-order valence-electron chi connectivity index (χ3n) is 0.188. The Hall–Kier alpha value is 0.630. The van der Waals surface area contributed by atoms with Gasteiger partial charge in [0.25, 0.3) is 0 Å². The number of carbonyl (C=O) groups is 2. The van der Waals surface area contributed by atoms with Gasteiger partial charge in [-0.3, -0.25) is 0 Å². The van der Waals surface area contributed by atoms with Gasteiger partial charge in [0.1, 0.15) is 0 Å². The Morgan fingerprint density at radius 1 is 1.50 bits per heavy atom. The van der Waals surface area contributed by atoms with Gasteiger partial charge in [-0.05, 0) is 9.24 Å². The van der Waals surface area contributed by atoms with Crippen LogP contribution < -0.4 is 0 Å². The fourth-order valence-corrected chi connectivity index (χ4v) is 0.187. The molecule has 0 rings (SSSR count). The van der Waals surface area contributed by atoms with Crippen LogP contribution in [-0.2, 0) is 4.74 Å². The Bertz CT molecular complexity index is 90.2. The van der Waals surface area contributed by atoms with E-state index < -0.39 is 11.9 Å². The molecule has 0 radical (unpaired) electrons. The van der Waals surface area contributed by atoms with Crippen molar-refractivity contribution in [3.8, 4) is 0 Å². The molecule has 0 saturated carbocycles. The van der Waals surface area contributed by atoms with E-state index in [0.717, 1.165) is 0 Å². The van der Waals surface area contributed by atoms with Crippen LogP contribution in [0.5, 0.6) is 0 Å². The first kappa shape index (κ1) is 11.4. The molecule has 0 spiro atoms. The van der Waals surface area contributed by atoms with E-state index in [1.807, 2.05) is 0 Å². The predicted octanol–water partition coefficient (Wildman–Crippen LogP) is -0.240. The third kappa shape index (κ3) is 9.80. The standard InChI is InChI=1S/C2H3O4P.Ca.2H/c3-1(4)6-2(5)7;;;/h7H2,(H,3,4);;;. The molecule has 0 aromatic rings. The summed E-state index contributed by atoms with van der Waals surface area (Å²) in [6.45, 7) is 0. The molecular formula is C2H5CaO4P. The van der Waals surface area contributed by atoms with Crippen LogP contribution in [0.25, 0.3) is 0 Å². The Labute approximate surface area is 77.8 Å². The first-order valence-corrected chi connectivity index (χ1v) is 1.91. The number of carboxylic acid groups (broad SMARTS) is 1. The molecule has 0 aliphatic heterocycles. The first-order chi connectivity index (χ1) is 3.13. The topological polar surface area (TPSA) is 63.6 Å². The maximum atomic E-state index is 9.61. The summed E-state index contributed by atoms with van der Waals surface area (Å²) < 4.78 is 3.49. The average Bonchev–Trinajstić information content (AvgIpc) is 1.27. The van der Waals surface area contributed by atoms with Crippen LogP contribution >= 0.6 is 9.24 Å². The van der Waals surface area contributed by atoms with Gasteiger partial charge in [0.05, 0.1) is 0 Å². The monoisotopic (exact) mass is 164 g/mol. The van der Waals surface area contributed by atoms with Gasteiger partial charge in [0, 0.05) is 0 Å². The molecule has 0 aliphatic carbocycles. The predicted molar refractivity (Wildman–Crippen MR) is 32.8 cm³/mol. The fourth-order valence-electron chi connectivity index (χ4n) is 0.0861. The molecule has 0 aromatic carbocycles. The molecule has 0 fully saturated rings. The van der Waals surface area contributed by atoms with Crippen LogP contribution in [0.1, 0.15) is 0 Å². The molecule has 0 bridgehead atoms. The Morgan fingerprint density at radius 2 is 1.88 bits per heavy atom. The van der Waals surface area contributed by atoms with E-state index in [0.29, 0.717) is 0 Å². The molecule has 8 heavy (non-hydrogen) atoms. The second-order valence-electron chi connectivity index (χ2n) is 0.687. The van der Waals surface area contributed by atoms with Gasteiger partial charge in [0.2, 0.25) is 0 Å². The van der Waals surface area contributed by atoms with Crippen LogP contribution in [0.3, 0.4) is 0 Å². The Kier molecular flexibility index (Phi) is 8.23. The van der Waals surface area contributed by atoms with E-state index in [1.165, 1.54) is 0 Å². The second kappa shape index (κ2) is 5.76. The summed E-state index contributed by atoms with van der Waals surface area (Å²) in [6.07, 6.45) is -1.58. The van der Waals surface area contributed by atoms with Gasteiger partial charge in [0.15, 0.2) is 0 Å². The molecule has 0 aliphatic rings. The number of carbonyl (C=O) groups excluding carboxylic acids is 1. The van der Waals surface area contributed by atoms with Crippen molar-refractivity contribution < 1.29 is 19.4 Å². The van der Waals surface area contributed by atoms with Crippen LogP contribution in [0.4, 0.5) is 9.59 Å². The van der Waals surface area contributed by atoms with Gasteiger partial charge < -0.3 is 9.84 Å². The molecule has 1 unspecified atom stereocenters. The molecular weight excluding hydrogens is 159 g/mol. The second-order valence-corrected chi connectivity index (χ2v) is 1.16. The van der Waals surface area contributed by atoms with Crippen LogP contribution in [0.2, 0.25) is 0 Å². The Balaban J connectivity index is 0. The summed E-state index contributed by atoms with van der Waals surface area (Å²) in [7, 11) is 1.56. The van der Waals surface area contributed by atoms with Crippen LogP contribution in [0.15, 0.2) is 0 Å².